The molecule has 0 fully saturated rings. The van der Waals surface area contributed by atoms with Crippen molar-refractivity contribution in [3.05, 3.63) is 74.1 Å². The molecule has 2 aromatic carbocycles. The van der Waals surface area contributed by atoms with E-state index in [2.05, 4.69) is 10.3 Å². The van der Waals surface area contributed by atoms with Gasteiger partial charge in [0.15, 0.2) is 5.16 Å². The lowest BCUT2D eigenvalue weighted by Crippen LogP contribution is -2.24. The van der Waals surface area contributed by atoms with Gasteiger partial charge >= 0.3 is 0 Å². The summed E-state index contributed by atoms with van der Waals surface area (Å²) in [6, 6.07) is 12.4. The first-order chi connectivity index (χ1) is 14.4. The van der Waals surface area contributed by atoms with Crippen LogP contribution in [0.4, 0.5) is 5.69 Å². The first-order valence-electron chi connectivity index (χ1n) is 9.16. The number of aryl methyl sites for hydroxylation is 2. The van der Waals surface area contributed by atoms with E-state index in [-0.39, 0.29) is 17.2 Å². The van der Waals surface area contributed by atoms with Crippen molar-refractivity contribution in [1.29, 1.82) is 0 Å². The van der Waals surface area contributed by atoms with Crippen molar-refractivity contribution < 1.29 is 4.79 Å². The van der Waals surface area contributed by atoms with Gasteiger partial charge in [0.25, 0.3) is 5.56 Å². The maximum Gasteiger partial charge on any atom is 0.272 e. The fraction of sp³-hybridized carbons (Fsp3) is 0.190. The lowest BCUT2D eigenvalue weighted by atomic mass is 10.2. The lowest BCUT2D eigenvalue weighted by molar-refractivity contribution is -0.113. The van der Waals surface area contributed by atoms with Crippen LogP contribution in [0.15, 0.2) is 57.3 Å². The second-order valence-electron chi connectivity index (χ2n) is 6.69. The number of fused-ring (bicyclic) bond motifs is 1. The highest BCUT2D eigenvalue weighted by Crippen LogP contribution is 2.30. The number of carbonyl (C=O) groups is 1. The predicted octanol–water partition coefficient (Wildman–Crippen LogP) is 5.23. The summed E-state index contributed by atoms with van der Waals surface area (Å²) in [7, 11) is 0. The number of aromatic nitrogens is 2. The molecule has 0 saturated carbocycles. The van der Waals surface area contributed by atoms with Crippen molar-refractivity contribution in [2.75, 3.05) is 16.8 Å². The molecule has 1 aliphatic rings. The van der Waals surface area contributed by atoms with Crippen LogP contribution >= 0.6 is 46.7 Å². The van der Waals surface area contributed by atoms with Crippen molar-refractivity contribution >= 4 is 58.3 Å². The number of carbonyl (C=O) groups excluding carboxylic acids is 1. The van der Waals surface area contributed by atoms with Crippen LogP contribution in [-0.2, 0) is 11.2 Å². The molecule has 9 heteroatoms. The van der Waals surface area contributed by atoms with E-state index in [1.54, 1.807) is 41.0 Å². The summed E-state index contributed by atoms with van der Waals surface area (Å²) >= 11 is 14.9. The fourth-order valence-corrected chi connectivity index (χ4v) is 5.16. The standard InChI is InChI=1S/C21H17Cl2N3O2S2/c1-12-2-5-14(10-16(12)23)24-18(27)11-30-21-25-17-8-9-29-19(17)20(28)26(21)15-6-3-13(22)4-7-15/h2-7,10H,8-9,11H2,1H3,(H,24,27). The molecule has 0 spiro atoms. The fourth-order valence-electron chi connectivity index (χ4n) is 3.00. The highest BCUT2D eigenvalue weighted by molar-refractivity contribution is 8.00. The van der Waals surface area contributed by atoms with Crippen LogP contribution in [0.3, 0.4) is 0 Å². The minimum atomic E-state index is -0.202. The van der Waals surface area contributed by atoms with Crippen LogP contribution in [-0.4, -0.2) is 27.0 Å². The van der Waals surface area contributed by atoms with E-state index in [1.165, 1.54) is 23.5 Å². The summed E-state index contributed by atoms with van der Waals surface area (Å²) in [5.41, 5.74) is 2.92. The highest BCUT2D eigenvalue weighted by Gasteiger charge is 2.23. The van der Waals surface area contributed by atoms with Gasteiger partial charge in [0, 0.05) is 27.9 Å². The van der Waals surface area contributed by atoms with Gasteiger partial charge in [-0.3, -0.25) is 14.2 Å². The molecule has 0 unspecified atom stereocenters. The minimum Gasteiger partial charge on any atom is -0.325 e. The Morgan fingerprint density at radius 2 is 2.00 bits per heavy atom. The molecule has 0 atom stereocenters. The average Bonchev–Trinajstić information content (AvgIpc) is 3.19. The van der Waals surface area contributed by atoms with Gasteiger partial charge in [-0.25, -0.2) is 4.98 Å². The Labute approximate surface area is 192 Å². The van der Waals surface area contributed by atoms with Crippen molar-refractivity contribution in [1.82, 2.24) is 9.55 Å². The van der Waals surface area contributed by atoms with E-state index < -0.39 is 0 Å². The summed E-state index contributed by atoms with van der Waals surface area (Å²) < 4.78 is 1.55. The maximum atomic E-state index is 13.1. The van der Waals surface area contributed by atoms with E-state index in [0.29, 0.717) is 31.5 Å². The Hall–Kier alpha value is -1.93. The number of thioether (sulfide) groups is 2. The Morgan fingerprint density at radius 1 is 1.23 bits per heavy atom. The molecule has 1 N–H and O–H groups in total. The van der Waals surface area contributed by atoms with Gasteiger partial charge in [-0.2, -0.15) is 0 Å². The van der Waals surface area contributed by atoms with Crippen LogP contribution in [0.25, 0.3) is 5.69 Å². The maximum absolute atomic E-state index is 13.1. The number of benzene rings is 2. The molecule has 4 rings (SSSR count). The van der Waals surface area contributed by atoms with Gasteiger partial charge in [0.1, 0.15) is 0 Å². The van der Waals surface area contributed by atoms with E-state index >= 15 is 0 Å². The normalized spacial score (nSPS) is 12.6. The molecule has 1 amide bonds. The van der Waals surface area contributed by atoms with Crippen molar-refractivity contribution in [3.8, 4) is 5.69 Å². The topological polar surface area (TPSA) is 64.0 Å². The van der Waals surface area contributed by atoms with E-state index in [1.807, 2.05) is 13.0 Å². The summed E-state index contributed by atoms with van der Waals surface area (Å²) in [6.07, 6.45) is 0.748. The van der Waals surface area contributed by atoms with Crippen LogP contribution in [0.2, 0.25) is 10.0 Å². The first-order valence-corrected chi connectivity index (χ1v) is 11.9. The molecule has 0 saturated heterocycles. The second kappa shape index (κ2) is 9.06. The number of rotatable bonds is 5. The Kier molecular flexibility index (Phi) is 6.43. The van der Waals surface area contributed by atoms with E-state index in [0.717, 1.165) is 23.4 Å². The van der Waals surface area contributed by atoms with Gasteiger partial charge in [-0.15, -0.1) is 11.8 Å². The third-order valence-electron chi connectivity index (χ3n) is 4.54. The number of nitrogens with zero attached hydrogens (tertiary/aromatic N) is 2. The molecule has 1 aromatic heterocycles. The van der Waals surface area contributed by atoms with Crippen molar-refractivity contribution in [2.24, 2.45) is 0 Å². The van der Waals surface area contributed by atoms with Crippen molar-refractivity contribution in [2.45, 2.75) is 23.4 Å². The Morgan fingerprint density at radius 3 is 2.73 bits per heavy atom. The molecule has 2 heterocycles. The average molecular weight is 478 g/mol. The van der Waals surface area contributed by atoms with Gasteiger partial charge in [0.05, 0.1) is 22.0 Å². The molecule has 0 bridgehead atoms. The quantitative estimate of drug-likeness (QED) is 0.402. The predicted molar refractivity (Wildman–Crippen MR) is 125 cm³/mol. The smallest absolute Gasteiger partial charge is 0.272 e. The molecule has 0 aliphatic carbocycles. The number of amides is 1. The second-order valence-corrected chi connectivity index (χ2v) is 9.58. The van der Waals surface area contributed by atoms with Gasteiger partial charge in [0.2, 0.25) is 5.91 Å². The van der Waals surface area contributed by atoms with Gasteiger partial charge < -0.3 is 5.32 Å². The largest absolute Gasteiger partial charge is 0.325 e. The molecule has 3 aromatic rings. The molecule has 154 valence electrons. The number of hydrogen-bond acceptors (Lipinski definition) is 5. The van der Waals surface area contributed by atoms with Crippen LogP contribution in [0.5, 0.6) is 0 Å². The zero-order valence-corrected chi connectivity index (χ0v) is 19.1. The SMILES string of the molecule is Cc1ccc(NC(=O)CSc2nc3c(c(=O)n2-c2ccc(Cl)cc2)SCC3)cc1Cl. The third kappa shape index (κ3) is 4.54. The number of nitrogens with one attached hydrogen (secondary N) is 1. The zero-order valence-electron chi connectivity index (χ0n) is 15.9. The molecular formula is C21H17Cl2N3O2S2. The van der Waals surface area contributed by atoms with Crippen molar-refractivity contribution in [3.63, 3.8) is 0 Å². The van der Waals surface area contributed by atoms with Crippen LogP contribution < -0.4 is 10.9 Å². The van der Waals surface area contributed by atoms with Gasteiger partial charge in [-0.1, -0.05) is 41.0 Å². The number of halogens is 2. The van der Waals surface area contributed by atoms with E-state index in [4.69, 9.17) is 23.2 Å². The molecule has 0 radical (unpaired) electrons. The third-order valence-corrected chi connectivity index (χ3v) is 7.24. The monoisotopic (exact) mass is 477 g/mol. The summed E-state index contributed by atoms with van der Waals surface area (Å²) in [6.45, 7) is 1.90. The number of hydrogen-bond donors (Lipinski definition) is 1. The van der Waals surface area contributed by atoms with Gasteiger partial charge in [-0.05, 0) is 48.9 Å². The lowest BCUT2D eigenvalue weighted by Gasteiger charge is -2.14. The van der Waals surface area contributed by atoms with Crippen LogP contribution in [0.1, 0.15) is 11.3 Å². The number of anilines is 1. The minimum absolute atomic E-state index is 0.109. The highest BCUT2D eigenvalue weighted by atomic mass is 35.5. The molecule has 30 heavy (non-hydrogen) atoms. The van der Waals surface area contributed by atoms with Crippen LogP contribution in [0, 0.1) is 6.92 Å². The molecule has 5 nitrogen and oxygen atoms in total. The zero-order chi connectivity index (χ0) is 21.3. The summed E-state index contributed by atoms with van der Waals surface area (Å²) in [4.78, 5) is 31.0. The van der Waals surface area contributed by atoms with E-state index in [9.17, 15) is 9.59 Å². The summed E-state index contributed by atoms with van der Waals surface area (Å²) in [5, 5.41) is 4.50. The molecule has 1 aliphatic heterocycles. The summed E-state index contributed by atoms with van der Waals surface area (Å²) in [5.74, 6) is 0.741. The Bertz CT molecular complexity index is 1180. The first kappa shape index (κ1) is 21.3. The Balaban J connectivity index is 1.59. The molecular weight excluding hydrogens is 461 g/mol.